The lowest BCUT2D eigenvalue weighted by Crippen LogP contribution is -2.21. The van der Waals surface area contributed by atoms with E-state index in [0.717, 1.165) is 23.7 Å². The average Bonchev–Trinajstić information content (AvgIpc) is 2.60. The van der Waals surface area contributed by atoms with Crippen LogP contribution in [0.5, 0.6) is 0 Å². The van der Waals surface area contributed by atoms with Crippen molar-refractivity contribution < 1.29 is 0 Å². The molecule has 3 rings (SSSR count). The highest BCUT2D eigenvalue weighted by Crippen LogP contribution is 2.26. The molecule has 0 radical (unpaired) electrons. The number of rotatable bonds is 6. The Morgan fingerprint density at radius 2 is 1.56 bits per heavy atom. The van der Waals surface area contributed by atoms with Crippen molar-refractivity contribution in [2.75, 3.05) is 10.2 Å². The quantitative estimate of drug-likeness (QED) is 0.694. The van der Waals surface area contributed by atoms with Gasteiger partial charge in [0.15, 0.2) is 0 Å². The van der Waals surface area contributed by atoms with Gasteiger partial charge in [-0.2, -0.15) is 4.98 Å². The number of aromatic nitrogens is 2. The Morgan fingerprint density at radius 3 is 2.20 bits per heavy atom. The molecular formula is C21H24N4. The first-order chi connectivity index (χ1) is 12.1. The normalized spacial score (nSPS) is 10.7. The smallest absolute Gasteiger partial charge is 0.232 e. The van der Waals surface area contributed by atoms with Crippen LogP contribution in [0.1, 0.15) is 25.1 Å². The molecule has 1 heterocycles. The molecule has 4 heteroatoms. The van der Waals surface area contributed by atoms with Crippen LogP contribution in [-0.2, 0) is 6.54 Å². The van der Waals surface area contributed by atoms with Crippen LogP contribution in [0.15, 0.2) is 66.7 Å². The Bertz CT molecular complexity index is 801. The lowest BCUT2D eigenvalue weighted by Gasteiger charge is -2.24. The summed E-state index contributed by atoms with van der Waals surface area (Å²) in [6.07, 6.45) is 0. The minimum atomic E-state index is 0.321. The molecule has 1 aromatic heterocycles. The first-order valence-corrected chi connectivity index (χ1v) is 8.60. The predicted octanol–water partition coefficient (Wildman–Crippen LogP) is 4.94. The maximum Gasteiger partial charge on any atom is 0.232 e. The molecule has 25 heavy (non-hydrogen) atoms. The van der Waals surface area contributed by atoms with E-state index in [0.29, 0.717) is 12.0 Å². The number of benzene rings is 2. The van der Waals surface area contributed by atoms with E-state index in [1.165, 1.54) is 5.56 Å². The van der Waals surface area contributed by atoms with Gasteiger partial charge in [-0.15, -0.1) is 0 Å². The Labute approximate surface area is 149 Å². The minimum absolute atomic E-state index is 0.321. The Kier molecular flexibility index (Phi) is 5.29. The molecule has 0 saturated carbocycles. The number of nitrogens with one attached hydrogen (secondary N) is 1. The average molecular weight is 332 g/mol. The summed E-state index contributed by atoms with van der Waals surface area (Å²) >= 11 is 0. The predicted molar refractivity (Wildman–Crippen MR) is 104 cm³/mol. The number of nitrogens with zero attached hydrogens (tertiary/aromatic N) is 3. The molecule has 0 saturated heterocycles. The lowest BCUT2D eigenvalue weighted by atomic mass is 10.2. The van der Waals surface area contributed by atoms with Crippen molar-refractivity contribution in [1.29, 1.82) is 0 Å². The molecule has 128 valence electrons. The molecule has 2 aromatic carbocycles. The van der Waals surface area contributed by atoms with Crippen molar-refractivity contribution in [3.8, 4) is 0 Å². The van der Waals surface area contributed by atoms with Crippen LogP contribution in [0.3, 0.4) is 0 Å². The summed E-state index contributed by atoms with van der Waals surface area (Å²) in [6.45, 7) is 6.93. The Balaban J connectivity index is 2.01. The first-order valence-electron chi connectivity index (χ1n) is 8.60. The molecule has 0 bridgehead atoms. The van der Waals surface area contributed by atoms with Gasteiger partial charge in [0.25, 0.3) is 0 Å². The fourth-order valence-electron chi connectivity index (χ4n) is 2.69. The summed E-state index contributed by atoms with van der Waals surface area (Å²) < 4.78 is 0. The van der Waals surface area contributed by atoms with Gasteiger partial charge in [0.05, 0.1) is 6.54 Å². The highest BCUT2D eigenvalue weighted by atomic mass is 15.3. The first kappa shape index (κ1) is 17.0. The molecule has 0 spiro atoms. The van der Waals surface area contributed by atoms with Gasteiger partial charge in [-0.25, -0.2) is 4.98 Å². The summed E-state index contributed by atoms with van der Waals surface area (Å²) in [6, 6.07) is 23.0. The molecule has 0 aliphatic rings. The van der Waals surface area contributed by atoms with E-state index in [-0.39, 0.29) is 0 Å². The third kappa shape index (κ3) is 4.57. The van der Waals surface area contributed by atoms with Gasteiger partial charge in [-0.3, -0.25) is 0 Å². The van der Waals surface area contributed by atoms with Crippen molar-refractivity contribution in [3.63, 3.8) is 0 Å². The number of para-hydroxylation sites is 1. The van der Waals surface area contributed by atoms with E-state index in [1.54, 1.807) is 0 Å². The second-order valence-electron chi connectivity index (χ2n) is 6.40. The van der Waals surface area contributed by atoms with E-state index in [4.69, 9.17) is 4.98 Å². The molecule has 3 aromatic rings. The van der Waals surface area contributed by atoms with E-state index in [9.17, 15) is 0 Å². The standard InChI is InChI=1S/C21H24N4/c1-16(2)22-20-14-17(3)23-21(24-20)25(19-12-8-5-9-13-19)15-18-10-6-4-7-11-18/h4-14,16H,15H2,1-3H3,(H,22,23,24). The van der Waals surface area contributed by atoms with Crippen LogP contribution in [0.25, 0.3) is 0 Å². The van der Waals surface area contributed by atoms with Crippen LogP contribution in [-0.4, -0.2) is 16.0 Å². The number of hydrogen-bond donors (Lipinski definition) is 1. The zero-order chi connectivity index (χ0) is 17.6. The van der Waals surface area contributed by atoms with Gasteiger partial charge in [0.2, 0.25) is 5.95 Å². The fourth-order valence-corrected chi connectivity index (χ4v) is 2.69. The number of aryl methyl sites for hydroxylation is 1. The van der Waals surface area contributed by atoms with Crippen molar-refractivity contribution in [3.05, 3.63) is 78.0 Å². The summed E-state index contributed by atoms with van der Waals surface area (Å²) in [7, 11) is 0. The summed E-state index contributed by atoms with van der Waals surface area (Å²) in [4.78, 5) is 11.6. The maximum atomic E-state index is 4.75. The highest BCUT2D eigenvalue weighted by molar-refractivity contribution is 5.59. The van der Waals surface area contributed by atoms with E-state index in [1.807, 2.05) is 37.3 Å². The van der Waals surface area contributed by atoms with E-state index in [2.05, 4.69) is 65.4 Å². The summed E-state index contributed by atoms with van der Waals surface area (Å²) in [5, 5.41) is 3.38. The SMILES string of the molecule is Cc1cc(NC(C)C)nc(N(Cc2ccccc2)c2ccccc2)n1. The lowest BCUT2D eigenvalue weighted by molar-refractivity contribution is 0.866. The van der Waals surface area contributed by atoms with Crippen LogP contribution in [0.2, 0.25) is 0 Å². The monoisotopic (exact) mass is 332 g/mol. The van der Waals surface area contributed by atoms with Gasteiger partial charge < -0.3 is 10.2 Å². The van der Waals surface area contributed by atoms with Crippen molar-refractivity contribution in [2.24, 2.45) is 0 Å². The largest absolute Gasteiger partial charge is 0.368 e. The second-order valence-corrected chi connectivity index (χ2v) is 6.40. The highest BCUT2D eigenvalue weighted by Gasteiger charge is 2.14. The van der Waals surface area contributed by atoms with Crippen molar-refractivity contribution in [1.82, 2.24) is 9.97 Å². The molecular weight excluding hydrogens is 308 g/mol. The number of hydrogen-bond acceptors (Lipinski definition) is 4. The second kappa shape index (κ2) is 7.79. The molecule has 0 unspecified atom stereocenters. The van der Waals surface area contributed by atoms with Crippen molar-refractivity contribution >= 4 is 17.5 Å². The molecule has 0 amide bonds. The topological polar surface area (TPSA) is 41.1 Å². The van der Waals surface area contributed by atoms with Crippen LogP contribution in [0.4, 0.5) is 17.5 Å². The van der Waals surface area contributed by atoms with Crippen LogP contribution < -0.4 is 10.2 Å². The van der Waals surface area contributed by atoms with Crippen LogP contribution >= 0.6 is 0 Å². The third-order valence-corrected chi connectivity index (χ3v) is 3.77. The molecule has 0 fully saturated rings. The van der Waals surface area contributed by atoms with E-state index >= 15 is 0 Å². The third-order valence-electron chi connectivity index (χ3n) is 3.77. The van der Waals surface area contributed by atoms with Gasteiger partial charge in [0.1, 0.15) is 5.82 Å². The van der Waals surface area contributed by atoms with Gasteiger partial charge in [-0.1, -0.05) is 48.5 Å². The zero-order valence-corrected chi connectivity index (χ0v) is 15.0. The maximum absolute atomic E-state index is 4.75. The molecule has 0 aliphatic carbocycles. The van der Waals surface area contributed by atoms with Crippen molar-refractivity contribution in [2.45, 2.75) is 33.4 Å². The molecule has 4 nitrogen and oxygen atoms in total. The minimum Gasteiger partial charge on any atom is -0.368 e. The Morgan fingerprint density at radius 1 is 0.920 bits per heavy atom. The number of anilines is 3. The fraction of sp³-hybridized carbons (Fsp3) is 0.238. The molecule has 0 aliphatic heterocycles. The van der Waals surface area contributed by atoms with Gasteiger partial charge in [0, 0.05) is 23.5 Å². The Hall–Kier alpha value is -2.88. The molecule has 1 N–H and O–H groups in total. The molecule has 0 atom stereocenters. The van der Waals surface area contributed by atoms with Gasteiger partial charge >= 0.3 is 0 Å². The van der Waals surface area contributed by atoms with E-state index < -0.39 is 0 Å². The van der Waals surface area contributed by atoms with Gasteiger partial charge in [-0.05, 0) is 38.5 Å². The van der Waals surface area contributed by atoms with Crippen LogP contribution in [0, 0.1) is 6.92 Å². The summed E-state index contributed by atoms with van der Waals surface area (Å²) in [5.74, 6) is 1.56. The zero-order valence-electron chi connectivity index (χ0n) is 15.0. The summed E-state index contributed by atoms with van der Waals surface area (Å²) in [5.41, 5.74) is 3.24.